The lowest BCUT2D eigenvalue weighted by Gasteiger charge is -2.05. The van der Waals surface area contributed by atoms with Crippen LogP contribution in [0.25, 0.3) is 0 Å². The highest BCUT2D eigenvalue weighted by Gasteiger charge is 2.36. The molecule has 0 spiro atoms. The van der Waals surface area contributed by atoms with Crippen molar-refractivity contribution in [2.24, 2.45) is 0 Å². The van der Waals surface area contributed by atoms with Crippen molar-refractivity contribution in [2.45, 2.75) is 6.18 Å². The Morgan fingerprint density at radius 1 is 1.53 bits per heavy atom. The molecule has 0 saturated heterocycles. The predicted octanol–water partition coefficient (Wildman–Crippen LogP) is 0.133. The van der Waals surface area contributed by atoms with Crippen molar-refractivity contribution < 1.29 is 18.3 Å². The molecule has 0 aliphatic rings. The van der Waals surface area contributed by atoms with Gasteiger partial charge in [-0.15, -0.1) is 0 Å². The van der Waals surface area contributed by atoms with Crippen LogP contribution in [0.1, 0.15) is 11.3 Å². The molecule has 0 aliphatic carbocycles. The number of nitrogens with zero attached hydrogens (tertiary/aromatic N) is 1. The molecule has 0 saturated carbocycles. The lowest BCUT2D eigenvalue weighted by molar-refractivity contribution is -0.141. The van der Waals surface area contributed by atoms with Gasteiger partial charge in [-0.3, -0.25) is 4.79 Å². The number of aliphatic hydroxyl groups is 1. The van der Waals surface area contributed by atoms with Crippen molar-refractivity contribution in [3.8, 4) is 11.8 Å². The molecular weight excluding hydrogens is 213 g/mol. The zero-order valence-corrected chi connectivity index (χ0v) is 7.22. The van der Waals surface area contributed by atoms with E-state index in [-0.39, 0.29) is 0 Å². The summed E-state index contributed by atoms with van der Waals surface area (Å²) in [5.41, 5.74) is -3.13. The zero-order valence-electron chi connectivity index (χ0n) is 7.22. The summed E-state index contributed by atoms with van der Waals surface area (Å²) < 4.78 is 36.9. The molecule has 0 aliphatic heterocycles. The molecule has 4 nitrogen and oxygen atoms in total. The Labute approximate surface area is 81.8 Å². The van der Waals surface area contributed by atoms with Crippen molar-refractivity contribution in [1.29, 1.82) is 0 Å². The maximum atomic E-state index is 12.3. The Balaban J connectivity index is 3.40. The fraction of sp³-hybridized carbons (Fsp3) is 0.250. The van der Waals surface area contributed by atoms with Crippen LogP contribution in [0, 0.1) is 11.8 Å². The molecule has 15 heavy (non-hydrogen) atoms. The fourth-order valence-electron chi connectivity index (χ4n) is 0.859. The topological polar surface area (TPSA) is 66.0 Å². The zero-order chi connectivity index (χ0) is 11.5. The second kappa shape index (κ2) is 4.14. The average molecular weight is 218 g/mol. The van der Waals surface area contributed by atoms with Crippen LogP contribution in [0.15, 0.2) is 11.1 Å². The second-order valence-corrected chi connectivity index (χ2v) is 2.41. The first kappa shape index (κ1) is 11.3. The highest BCUT2D eigenvalue weighted by molar-refractivity contribution is 5.37. The molecular formula is C8H5F3N2O2. The van der Waals surface area contributed by atoms with Crippen LogP contribution in [0.3, 0.4) is 0 Å². The molecule has 0 unspecified atom stereocenters. The average Bonchev–Trinajstić information content (AvgIpc) is 2.14. The number of aliphatic hydroxyl groups excluding tert-OH is 1. The van der Waals surface area contributed by atoms with E-state index in [1.807, 2.05) is 16.8 Å². The minimum absolute atomic E-state index is 0.633. The first-order valence-electron chi connectivity index (χ1n) is 3.71. The maximum Gasteiger partial charge on any atom is 0.434 e. The number of nitrogens with one attached hydrogen (secondary N) is 1. The summed E-state index contributed by atoms with van der Waals surface area (Å²) in [6, 6.07) is 0. The summed E-state index contributed by atoms with van der Waals surface area (Å²) in [6.07, 6.45) is -4.09. The van der Waals surface area contributed by atoms with Gasteiger partial charge in [0, 0.05) is 0 Å². The number of halogens is 3. The van der Waals surface area contributed by atoms with Crippen LogP contribution in [-0.2, 0) is 6.18 Å². The van der Waals surface area contributed by atoms with Gasteiger partial charge in [0.2, 0.25) is 0 Å². The Morgan fingerprint density at radius 2 is 2.20 bits per heavy atom. The highest BCUT2D eigenvalue weighted by Crippen LogP contribution is 2.28. The summed E-state index contributed by atoms with van der Waals surface area (Å²) in [4.78, 5) is 16.0. The SMILES string of the molecule is O=c1[nH]cnc(C(F)(F)F)c1C#CCO. The third kappa shape index (κ3) is 2.57. The van der Waals surface area contributed by atoms with E-state index in [0.29, 0.717) is 6.33 Å². The van der Waals surface area contributed by atoms with Gasteiger partial charge >= 0.3 is 6.18 Å². The smallest absolute Gasteiger partial charge is 0.384 e. The number of aromatic nitrogens is 2. The van der Waals surface area contributed by atoms with Gasteiger partial charge in [-0.1, -0.05) is 11.8 Å². The van der Waals surface area contributed by atoms with Gasteiger partial charge in [0.15, 0.2) is 5.69 Å². The Hall–Kier alpha value is -1.81. The van der Waals surface area contributed by atoms with Crippen molar-refractivity contribution >= 4 is 0 Å². The van der Waals surface area contributed by atoms with Gasteiger partial charge in [0.05, 0.1) is 6.33 Å². The van der Waals surface area contributed by atoms with Gasteiger partial charge in [-0.25, -0.2) is 4.98 Å². The van der Waals surface area contributed by atoms with Gasteiger partial charge in [-0.05, 0) is 0 Å². The number of rotatable bonds is 0. The first-order chi connectivity index (χ1) is 6.96. The maximum absolute atomic E-state index is 12.3. The van der Waals surface area contributed by atoms with Crippen molar-refractivity contribution in [2.75, 3.05) is 6.61 Å². The molecule has 0 bridgehead atoms. The third-order valence-corrected chi connectivity index (χ3v) is 1.41. The monoisotopic (exact) mass is 218 g/mol. The van der Waals surface area contributed by atoms with Gasteiger partial charge in [0.1, 0.15) is 12.2 Å². The summed E-state index contributed by atoms with van der Waals surface area (Å²) in [5, 5.41) is 8.32. The summed E-state index contributed by atoms with van der Waals surface area (Å²) >= 11 is 0. The fourth-order valence-corrected chi connectivity index (χ4v) is 0.859. The summed E-state index contributed by atoms with van der Waals surface area (Å²) in [7, 11) is 0. The van der Waals surface area contributed by atoms with Crippen LogP contribution >= 0.6 is 0 Å². The van der Waals surface area contributed by atoms with Gasteiger partial charge in [0.25, 0.3) is 5.56 Å². The standard InChI is InChI=1S/C8H5F3N2O2/c9-8(10,11)6-5(2-1-3-14)7(15)13-4-12-6/h4,14H,3H2,(H,12,13,15). The molecule has 1 aromatic heterocycles. The van der Waals surface area contributed by atoms with E-state index in [1.165, 1.54) is 0 Å². The van der Waals surface area contributed by atoms with E-state index in [9.17, 15) is 18.0 Å². The van der Waals surface area contributed by atoms with Crippen LogP contribution in [0.5, 0.6) is 0 Å². The minimum Gasteiger partial charge on any atom is -0.384 e. The molecule has 0 fully saturated rings. The molecule has 7 heteroatoms. The quantitative estimate of drug-likeness (QED) is 0.608. The Kier molecular flexibility index (Phi) is 3.11. The van der Waals surface area contributed by atoms with E-state index in [2.05, 4.69) is 4.98 Å². The number of hydrogen-bond donors (Lipinski definition) is 2. The molecule has 1 aromatic rings. The van der Waals surface area contributed by atoms with E-state index in [1.54, 1.807) is 0 Å². The van der Waals surface area contributed by atoms with Crippen molar-refractivity contribution in [3.05, 3.63) is 27.9 Å². The van der Waals surface area contributed by atoms with Crippen molar-refractivity contribution in [3.63, 3.8) is 0 Å². The molecule has 80 valence electrons. The van der Waals surface area contributed by atoms with E-state index < -0.39 is 29.6 Å². The lowest BCUT2D eigenvalue weighted by atomic mass is 10.2. The van der Waals surface area contributed by atoms with E-state index in [4.69, 9.17) is 5.11 Å². The molecule has 1 rings (SSSR count). The predicted molar refractivity (Wildman–Crippen MR) is 43.8 cm³/mol. The third-order valence-electron chi connectivity index (χ3n) is 1.41. The van der Waals surface area contributed by atoms with Gasteiger partial charge in [-0.2, -0.15) is 13.2 Å². The second-order valence-electron chi connectivity index (χ2n) is 2.41. The molecule has 2 N–H and O–H groups in total. The molecule has 0 aromatic carbocycles. The van der Waals surface area contributed by atoms with Crippen LogP contribution in [-0.4, -0.2) is 21.7 Å². The van der Waals surface area contributed by atoms with Gasteiger partial charge < -0.3 is 10.1 Å². The lowest BCUT2D eigenvalue weighted by Crippen LogP contribution is -2.20. The number of aromatic amines is 1. The molecule has 0 radical (unpaired) electrons. The molecule has 1 heterocycles. The minimum atomic E-state index is -4.74. The number of hydrogen-bond acceptors (Lipinski definition) is 3. The molecule has 0 atom stereocenters. The largest absolute Gasteiger partial charge is 0.434 e. The van der Waals surface area contributed by atoms with Crippen molar-refractivity contribution in [1.82, 2.24) is 9.97 Å². The Morgan fingerprint density at radius 3 is 2.73 bits per heavy atom. The highest BCUT2D eigenvalue weighted by atomic mass is 19.4. The summed E-state index contributed by atoms with van der Waals surface area (Å²) in [5.74, 6) is 3.87. The first-order valence-corrected chi connectivity index (χ1v) is 3.71. The molecule has 0 amide bonds. The summed E-state index contributed by atoms with van der Waals surface area (Å²) in [6.45, 7) is -0.633. The normalized spacial score (nSPS) is 10.7. The number of alkyl halides is 3. The number of H-pyrrole nitrogens is 1. The van der Waals surface area contributed by atoms with E-state index >= 15 is 0 Å². The van der Waals surface area contributed by atoms with Crippen LogP contribution < -0.4 is 5.56 Å². The van der Waals surface area contributed by atoms with E-state index in [0.717, 1.165) is 0 Å². The Bertz CT molecular complexity index is 467. The van der Waals surface area contributed by atoms with Crippen LogP contribution in [0.2, 0.25) is 0 Å². The van der Waals surface area contributed by atoms with Crippen LogP contribution in [0.4, 0.5) is 13.2 Å².